The lowest BCUT2D eigenvalue weighted by Crippen LogP contribution is -2.09. The van der Waals surface area contributed by atoms with Crippen LogP contribution in [0.3, 0.4) is 0 Å². The molecule has 0 unspecified atom stereocenters. The highest BCUT2D eigenvalue weighted by molar-refractivity contribution is 6.31. The van der Waals surface area contributed by atoms with E-state index in [9.17, 15) is 0 Å². The molecule has 0 bridgehead atoms. The molecule has 0 aliphatic heterocycles. The van der Waals surface area contributed by atoms with Crippen LogP contribution in [-0.2, 0) is 13.0 Å². The van der Waals surface area contributed by atoms with E-state index in [1.54, 1.807) is 0 Å². The minimum atomic E-state index is 0.672. The van der Waals surface area contributed by atoms with Gasteiger partial charge in [0.25, 0.3) is 0 Å². The zero-order valence-electron chi connectivity index (χ0n) is 9.99. The van der Waals surface area contributed by atoms with E-state index < -0.39 is 0 Å². The Kier molecular flexibility index (Phi) is 3.87. The summed E-state index contributed by atoms with van der Waals surface area (Å²) < 4.78 is 2.20. The number of halogens is 1. The quantitative estimate of drug-likeness (QED) is 0.886. The number of nitrogens with zero attached hydrogens (tertiary/aromatic N) is 1. The lowest BCUT2D eigenvalue weighted by Gasteiger charge is -2.10. The van der Waals surface area contributed by atoms with Gasteiger partial charge < -0.3 is 10.3 Å². The molecule has 0 aliphatic carbocycles. The van der Waals surface area contributed by atoms with Crippen LogP contribution in [0.2, 0.25) is 5.02 Å². The standard InChI is InChI=1S/C14H17ClN2/c1-11-4-5-12(14(15)9-11)10-17-8-2-3-13(17)6-7-16/h2-5,8-9H,6-7,10,16H2,1H3. The van der Waals surface area contributed by atoms with Crippen molar-refractivity contribution < 1.29 is 0 Å². The van der Waals surface area contributed by atoms with Gasteiger partial charge in [0.05, 0.1) is 0 Å². The summed E-state index contributed by atoms with van der Waals surface area (Å²) in [4.78, 5) is 0. The summed E-state index contributed by atoms with van der Waals surface area (Å²) in [6.45, 7) is 3.53. The molecule has 0 saturated heterocycles. The summed E-state index contributed by atoms with van der Waals surface area (Å²) in [6, 6.07) is 10.3. The minimum Gasteiger partial charge on any atom is -0.347 e. The number of benzene rings is 1. The Hall–Kier alpha value is -1.25. The largest absolute Gasteiger partial charge is 0.347 e. The SMILES string of the molecule is Cc1ccc(Cn2cccc2CCN)c(Cl)c1. The van der Waals surface area contributed by atoms with Crippen LogP contribution in [0.25, 0.3) is 0 Å². The molecule has 2 rings (SSSR count). The molecule has 1 aromatic heterocycles. The third kappa shape index (κ3) is 2.90. The van der Waals surface area contributed by atoms with Gasteiger partial charge in [-0.15, -0.1) is 0 Å². The first-order valence-electron chi connectivity index (χ1n) is 5.80. The first-order valence-corrected chi connectivity index (χ1v) is 6.17. The van der Waals surface area contributed by atoms with Gasteiger partial charge in [0.15, 0.2) is 0 Å². The Bertz CT molecular complexity index is 503. The van der Waals surface area contributed by atoms with Crippen molar-refractivity contribution in [3.63, 3.8) is 0 Å². The van der Waals surface area contributed by atoms with Gasteiger partial charge in [-0.25, -0.2) is 0 Å². The van der Waals surface area contributed by atoms with Crippen molar-refractivity contribution in [3.8, 4) is 0 Å². The number of hydrogen-bond acceptors (Lipinski definition) is 1. The van der Waals surface area contributed by atoms with Gasteiger partial charge in [-0.05, 0) is 49.2 Å². The molecule has 0 spiro atoms. The van der Waals surface area contributed by atoms with Crippen LogP contribution in [0.5, 0.6) is 0 Å². The van der Waals surface area contributed by atoms with Crippen molar-refractivity contribution in [1.29, 1.82) is 0 Å². The van der Waals surface area contributed by atoms with E-state index in [0.29, 0.717) is 6.54 Å². The molecule has 0 saturated carbocycles. The summed E-state index contributed by atoms with van der Waals surface area (Å²) in [5.74, 6) is 0. The molecule has 2 nitrogen and oxygen atoms in total. The lowest BCUT2D eigenvalue weighted by atomic mass is 10.1. The molecule has 2 N–H and O–H groups in total. The Morgan fingerprint density at radius 2 is 2.12 bits per heavy atom. The van der Waals surface area contributed by atoms with E-state index in [4.69, 9.17) is 17.3 Å². The topological polar surface area (TPSA) is 30.9 Å². The molecular weight excluding hydrogens is 232 g/mol. The monoisotopic (exact) mass is 248 g/mol. The molecule has 0 atom stereocenters. The average Bonchev–Trinajstić information content (AvgIpc) is 2.71. The lowest BCUT2D eigenvalue weighted by molar-refractivity contribution is 0.736. The molecule has 0 aliphatic rings. The van der Waals surface area contributed by atoms with Crippen LogP contribution < -0.4 is 5.73 Å². The number of hydrogen-bond donors (Lipinski definition) is 1. The van der Waals surface area contributed by atoms with E-state index in [2.05, 4.69) is 29.0 Å². The zero-order chi connectivity index (χ0) is 12.3. The second kappa shape index (κ2) is 5.39. The fourth-order valence-electron chi connectivity index (χ4n) is 1.94. The summed E-state index contributed by atoms with van der Waals surface area (Å²) in [6.07, 6.45) is 2.97. The van der Waals surface area contributed by atoms with Gasteiger partial charge in [0.1, 0.15) is 0 Å². The van der Waals surface area contributed by atoms with Crippen LogP contribution >= 0.6 is 11.6 Å². The molecule has 1 heterocycles. The first-order chi connectivity index (χ1) is 8.20. The Morgan fingerprint density at radius 3 is 2.82 bits per heavy atom. The maximum absolute atomic E-state index is 6.24. The fourth-order valence-corrected chi connectivity index (χ4v) is 2.24. The molecule has 1 aromatic carbocycles. The molecule has 17 heavy (non-hydrogen) atoms. The highest BCUT2D eigenvalue weighted by Crippen LogP contribution is 2.19. The number of aromatic nitrogens is 1. The highest BCUT2D eigenvalue weighted by atomic mass is 35.5. The van der Waals surface area contributed by atoms with Crippen molar-refractivity contribution in [3.05, 3.63) is 58.4 Å². The number of aryl methyl sites for hydroxylation is 1. The molecular formula is C14H17ClN2. The van der Waals surface area contributed by atoms with E-state index >= 15 is 0 Å². The third-order valence-corrected chi connectivity index (χ3v) is 3.23. The van der Waals surface area contributed by atoms with Crippen LogP contribution in [-0.4, -0.2) is 11.1 Å². The average molecular weight is 249 g/mol. The van der Waals surface area contributed by atoms with Gasteiger partial charge in [0.2, 0.25) is 0 Å². The molecule has 0 fully saturated rings. The normalized spacial score (nSPS) is 10.8. The molecule has 90 valence electrons. The van der Waals surface area contributed by atoms with Crippen molar-refractivity contribution in [1.82, 2.24) is 4.57 Å². The highest BCUT2D eigenvalue weighted by Gasteiger charge is 2.04. The maximum Gasteiger partial charge on any atom is 0.0487 e. The number of nitrogens with two attached hydrogens (primary N) is 1. The molecule has 0 amide bonds. The van der Waals surface area contributed by atoms with Gasteiger partial charge >= 0.3 is 0 Å². The van der Waals surface area contributed by atoms with Crippen LogP contribution in [0.1, 0.15) is 16.8 Å². The second-order valence-electron chi connectivity index (χ2n) is 4.26. The van der Waals surface area contributed by atoms with Gasteiger partial charge in [-0.1, -0.05) is 23.7 Å². The third-order valence-electron chi connectivity index (χ3n) is 2.87. The van der Waals surface area contributed by atoms with E-state index in [1.165, 1.54) is 11.3 Å². The zero-order valence-corrected chi connectivity index (χ0v) is 10.7. The van der Waals surface area contributed by atoms with Crippen LogP contribution in [0.15, 0.2) is 36.5 Å². The molecule has 0 radical (unpaired) electrons. The summed E-state index contributed by atoms with van der Waals surface area (Å²) in [5, 5.41) is 0.831. The first kappa shape index (κ1) is 12.2. The van der Waals surface area contributed by atoms with Gasteiger partial charge in [-0.3, -0.25) is 0 Å². The Morgan fingerprint density at radius 1 is 1.29 bits per heavy atom. The summed E-state index contributed by atoms with van der Waals surface area (Å²) in [7, 11) is 0. The second-order valence-corrected chi connectivity index (χ2v) is 4.67. The number of rotatable bonds is 4. The fraction of sp³-hybridized carbons (Fsp3) is 0.286. The van der Waals surface area contributed by atoms with Crippen molar-refractivity contribution in [2.24, 2.45) is 5.73 Å². The van der Waals surface area contributed by atoms with E-state index in [0.717, 1.165) is 23.6 Å². The molecule has 3 heteroatoms. The molecule has 2 aromatic rings. The van der Waals surface area contributed by atoms with Crippen molar-refractivity contribution >= 4 is 11.6 Å². The summed E-state index contributed by atoms with van der Waals surface area (Å²) >= 11 is 6.24. The van der Waals surface area contributed by atoms with Crippen molar-refractivity contribution in [2.45, 2.75) is 19.9 Å². The van der Waals surface area contributed by atoms with Crippen molar-refractivity contribution in [2.75, 3.05) is 6.54 Å². The Labute approximate surface area is 107 Å². The predicted molar refractivity (Wildman–Crippen MR) is 72.5 cm³/mol. The van der Waals surface area contributed by atoms with E-state index in [1.807, 2.05) is 19.1 Å². The van der Waals surface area contributed by atoms with Crippen LogP contribution in [0.4, 0.5) is 0 Å². The van der Waals surface area contributed by atoms with Crippen LogP contribution in [0, 0.1) is 6.92 Å². The summed E-state index contributed by atoms with van der Waals surface area (Å²) in [5.41, 5.74) is 9.18. The Balaban J connectivity index is 2.22. The van der Waals surface area contributed by atoms with E-state index in [-0.39, 0.29) is 0 Å². The van der Waals surface area contributed by atoms with Gasteiger partial charge in [-0.2, -0.15) is 0 Å². The maximum atomic E-state index is 6.24. The predicted octanol–water partition coefficient (Wildman–Crippen LogP) is 3.00. The minimum absolute atomic E-state index is 0.672. The van der Waals surface area contributed by atoms with Gasteiger partial charge in [0, 0.05) is 23.5 Å². The smallest absolute Gasteiger partial charge is 0.0487 e.